The highest BCUT2D eigenvalue weighted by atomic mass is 16.3. The summed E-state index contributed by atoms with van der Waals surface area (Å²) in [5.74, 6) is 1.08. The standard InChI is InChI=1S/C12H20N2O/c1-2-11-13-8-9-14(11)10-12(15)6-4-3-5-7-12/h8-9,15H,2-7,10H2,1H3. The minimum Gasteiger partial charge on any atom is -0.388 e. The smallest absolute Gasteiger partial charge is 0.108 e. The summed E-state index contributed by atoms with van der Waals surface area (Å²) >= 11 is 0. The van der Waals surface area contributed by atoms with Gasteiger partial charge in [-0.2, -0.15) is 0 Å². The minimum absolute atomic E-state index is 0.483. The van der Waals surface area contributed by atoms with E-state index in [1.165, 1.54) is 6.42 Å². The maximum Gasteiger partial charge on any atom is 0.108 e. The summed E-state index contributed by atoms with van der Waals surface area (Å²) in [4.78, 5) is 4.28. The molecule has 1 aromatic heterocycles. The Kier molecular flexibility index (Phi) is 3.10. The monoisotopic (exact) mass is 208 g/mol. The van der Waals surface area contributed by atoms with Crippen LogP contribution in [0.25, 0.3) is 0 Å². The van der Waals surface area contributed by atoms with Gasteiger partial charge >= 0.3 is 0 Å². The summed E-state index contributed by atoms with van der Waals surface area (Å²) in [6, 6.07) is 0. The van der Waals surface area contributed by atoms with Crippen LogP contribution in [0.2, 0.25) is 0 Å². The van der Waals surface area contributed by atoms with Gasteiger partial charge in [-0.3, -0.25) is 0 Å². The largest absolute Gasteiger partial charge is 0.388 e. The number of hydrogen-bond donors (Lipinski definition) is 1. The number of hydrogen-bond acceptors (Lipinski definition) is 2. The van der Waals surface area contributed by atoms with Gasteiger partial charge in [0.05, 0.1) is 12.1 Å². The Bertz CT molecular complexity index is 313. The molecule has 1 aromatic rings. The first kappa shape index (κ1) is 10.7. The fraction of sp³-hybridized carbons (Fsp3) is 0.750. The first-order valence-corrected chi connectivity index (χ1v) is 5.96. The summed E-state index contributed by atoms with van der Waals surface area (Å²) in [5.41, 5.74) is -0.483. The second kappa shape index (κ2) is 4.35. The Morgan fingerprint density at radius 3 is 2.80 bits per heavy atom. The highest BCUT2D eigenvalue weighted by Crippen LogP contribution is 2.29. The van der Waals surface area contributed by atoms with Gasteiger partial charge in [0.15, 0.2) is 0 Å². The molecule has 1 fully saturated rings. The number of aromatic nitrogens is 2. The van der Waals surface area contributed by atoms with E-state index in [1.54, 1.807) is 0 Å². The molecule has 1 heterocycles. The Balaban J connectivity index is 2.06. The highest BCUT2D eigenvalue weighted by Gasteiger charge is 2.29. The quantitative estimate of drug-likeness (QED) is 0.826. The normalized spacial score (nSPS) is 20.4. The van der Waals surface area contributed by atoms with E-state index in [9.17, 15) is 5.11 Å². The zero-order chi connectivity index (χ0) is 10.7. The predicted molar refractivity (Wildman–Crippen MR) is 59.6 cm³/mol. The topological polar surface area (TPSA) is 38.0 Å². The third-order valence-corrected chi connectivity index (χ3v) is 3.37. The van der Waals surface area contributed by atoms with Crippen LogP contribution in [0.1, 0.15) is 44.9 Å². The molecular formula is C12H20N2O. The molecule has 0 bridgehead atoms. The molecule has 3 nitrogen and oxygen atoms in total. The Morgan fingerprint density at radius 1 is 1.40 bits per heavy atom. The molecule has 0 aromatic carbocycles. The lowest BCUT2D eigenvalue weighted by Crippen LogP contribution is -2.36. The second-order valence-corrected chi connectivity index (χ2v) is 4.61. The van der Waals surface area contributed by atoms with E-state index in [-0.39, 0.29) is 0 Å². The molecule has 3 heteroatoms. The van der Waals surface area contributed by atoms with Gasteiger partial charge in [-0.1, -0.05) is 26.2 Å². The maximum absolute atomic E-state index is 10.4. The van der Waals surface area contributed by atoms with Crippen LogP contribution < -0.4 is 0 Å². The molecule has 84 valence electrons. The van der Waals surface area contributed by atoms with E-state index in [0.29, 0.717) is 0 Å². The predicted octanol–water partition coefficient (Wildman–Crippen LogP) is 2.14. The zero-order valence-corrected chi connectivity index (χ0v) is 9.45. The lowest BCUT2D eigenvalue weighted by Gasteiger charge is -2.32. The third-order valence-electron chi connectivity index (χ3n) is 3.37. The van der Waals surface area contributed by atoms with Gasteiger partial charge in [-0.05, 0) is 12.8 Å². The number of nitrogens with zero attached hydrogens (tertiary/aromatic N) is 2. The molecular weight excluding hydrogens is 188 g/mol. The summed E-state index contributed by atoms with van der Waals surface area (Å²) in [6.07, 6.45) is 10.2. The Morgan fingerprint density at radius 2 is 2.13 bits per heavy atom. The number of rotatable bonds is 3. The molecule has 1 aliphatic carbocycles. The lowest BCUT2D eigenvalue weighted by molar-refractivity contribution is -0.0120. The molecule has 0 radical (unpaired) electrons. The average Bonchev–Trinajstić information content (AvgIpc) is 2.65. The van der Waals surface area contributed by atoms with E-state index in [4.69, 9.17) is 0 Å². The summed E-state index contributed by atoms with van der Waals surface area (Å²) in [7, 11) is 0. The zero-order valence-electron chi connectivity index (χ0n) is 9.45. The van der Waals surface area contributed by atoms with Crippen LogP contribution in [0.5, 0.6) is 0 Å². The Labute approximate surface area is 91.1 Å². The number of aryl methyl sites for hydroxylation is 1. The fourth-order valence-electron chi connectivity index (χ4n) is 2.48. The van der Waals surface area contributed by atoms with Gasteiger partial charge in [0, 0.05) is 18.8 Å². The van der Waals surface area contributed by atoms with Gasteiger partial charge in [0.2, 0.25) is 0 Å². The van der Waals surface area contributed by atoms with Crippen molar-refractivity contribution in [3.8, 4) is 0 Å². The molecule has 2 rings (SSSR count). The Hall–Kier alpha value is -0.830. The van der Waals surface area contributed by atoms with Gasteiger partial charge in [0.25, 0.3) is 0 Å². The van der Waals surface area contributed by atoms with Crippen molar-refractivity contribution in [3.05, 3.63) is 18.2 Å². The third kappa shape index (κ3) is 2.40. The molecule has 0 unspecified atom stereocenters. The van der Waals surface area contributed by atoms with Crippen molar-refractivity contribution in [1.29, 1.82) is 0 Å². The first-order chi connectivity index (χ1) is 7.23. The molecule has 0 amide bonds. The average molecular weight is 208 g/mol. The second-order valence-electron chi connectivity index (χ2n) is 4.61. The fourth-order valence-corrected chi connectivity index (χ4v) is 2.48. The molecule has 15 heavy (non-hydrogen) atoms. The van der Waals surface area contributed by atoms with Crippen molar-refractivity contribution in [1.82, 2.24) is 9.55 Å². The first-order valence-electron chi connectivity index (χ1n) is 5.96. The van der Waals surface area contributed by atoms with Crippen molar-refractivity contribution in [3.63, 3.8) is 0 Å². The van der Waals surface area contributed by atoms with E-state index >= 15 is 0 Å². The summed E-state index contributed by atoms with van der Waals surface area (Å²) < 4.78 is 2.10. The van der Waals surface area contributed by atoms with Gasteiger partial charge < -0.3 is 9.67 Å². The van der Waals surface area contributed by atoms with E-state index < -0.39 is 5.60 Å². The van der Waals surface area contributed by atoms with Crippen LogP contribution >= 0.6 is 0 Å². The van der Waals surface area contributed by atoms with Crippen LogP contribution in [-0.4, -0.2) is 20.3 Å². The van der Waals surface area contributed by atoms with Gasteiger partial charge in [-0.25, -0.2) is 4.98 Å². The number of imidazole rings is 1. The molecule has 1 aliphatic rings. The van der Waals surface area contributed by atoms with Gasteiger partial charge in [-0.15, -0.1) is 0 Å². The van der Waals surface area contributed by atoms with E-state index in [0.717, 1.165) is 44.5 Å². The lowest BCUT2D eigenvalue weighted by atomic mass is 9.85. The van der Waals surface area contributed by atoms with Gasteiger partial charge in [0.1, 0.15) is 5.82 Å². The van der Waals surface area contributed by atoms with E-state index in [2.05, 4.69) is 16.5 Å². The van der Waals surface area contributed by atoms with Crippen LogP contribution in [0.3, 0.4) is 0 Å². The molecule has 1 N–H and O–H groups in total. The minimum atomic E-state index is -0.483. The van der Waals surface area contributed by atoms with Crippen molar-refractivity contribution in [2.75, 3.05) is 0 Å². The summed E-state index contributed by atoms with van der Waals surface area (Å²) in [5, 5.41) is 10.4. The van der Waals surface area contributed by atoms with Crippen molar-refractivity contribution in [2.24, 2.45) is 0 Å². The molecule has 0 spiro atoms. The molecule has 0 atom stereocenters. The summed E-state index contributed by atoms with van der Waals surface area (Å²) in [6.45, 7) is 2.82. The molecule has 0 saturated heterocycles. The van der Waals surface area contributed by atoms with Crippen LogP contribution in [0.4, 0.5) is 0 Å². The molecule has 0 aliphatic heterocycles. The van der Waals surface area contributed by atoms with Crippen LogP contribution in [0, 0.1) is 0 Å². The van der Waals surface area contributed by atoms with Crippen molar-refractivity contribution >= 4 is 0 Å². The van der Waals surface area contributed by atoms with Crippen LogP contribution in [-0.2, 0) is 13.0 Å². The SMILES string of the molecule is CCc1nccn1CC1(O)CCCCC1. The van der Waals surface area contributed by atoms with E-state index in [1.807, 2.05) is 12.4 Å². The van der Waals surface area contributed by atoms with Crippen LogP contribution in [0.15, 0.2) is 12.4 Å². The molecule has 1 saturated carbocycles. The van der Waals surface area contributed by atoms with Crippen molar-refractivity contribution in [2.45, 2.75) is 57.6 Å². The maximum atomic E-state index is 10.4. The van der Waals surface area contributed by atoms with Crippen molar-refractivity contribution < 1.29 is 5.11 Å². The number of aliphatic hydroxyl groups is 1. The highest BCUT2D eigenvalue weighted by molar-refractivity contribution is 4.95.